The van der Waals surface area contributed by atoms with Crippen LogP contribution in [0.3, 0.4) is 0 Å². The van der Waals surface area contributed by atoms with Crippen LogP contribution in [0.1, 0.15) is 20.7 Å². The number of benzene rings is 1. The van der Waals surface area contributed by atoms with E-state index in [1.165, 1.54) is 18.2 Å². The Morgan fingerprint density at radius 3 is 2.42 bits per heavy atom. The highest BCUT2D eigenvalue weighted by Crippen LogP contribution is 2.14. The van der Waals surface area contributed by atoms with Crippen LogP contribution in [-0.2, 0) is 19.1 Å². The molecule has 0 amide bonds. The Kier molecular flexibility index (Phi) is 3.11. The second-order valence-corrected chi connectivity index (χ2v) is 3.49. The summed E-state index contributed by atoms with van der Waals surface area (Å²) >= 11 is 0. The van der Waals surface area contributed by atoms with Crippen LogP contribution in [-0.4, -0.2) is 29.0 Å². The molecule has 0 atom stereocenters. The number of esters is 3. The maximum absolute atomic E-state index is 11.7. The van der Waals surface area contributed by atoms with Gasteiger partial charge in [-0.25, -0.2) is 19.2 Å². The fraction of sp³-hybridized carbons (Fsp3) is 0. The van der Waals surface area contributed by atoms with Crippen molar-refractivity contribution in [2.45, 2.75) is 0 Å². The molecule has 1 N–H and O–H groups in total. The molecule has 1 aliphatic heterocycles. The van der Waals surface area contributed by atoms with Gasteiger partial charge in [-0.2, -0.15) is 0 Å². The Bertz CT molecular complexity index is 627. The molecule has 1 aromatic rings. The third-order valence-corrected chi connectivity index (χ3v) is 2.19. The summed E-state index contributed by atoms with van der Waals surface area (Å²) in [5, 5.41) is 8.77. The third kappa shape index (κ3) is 2.65. The number of rotatable bonds is 3. The zero-order valence-electron chi connectivity index (χ0n) is 9.28. The van der Waals surface area contributed by atoms with Gasteiger partial charge in [0.05, 0.1) is 17.2 Å². The topological polar surface area (TPSA) is 107 Å². The number of hydrogen-bond donors (Lipinski definition) is 1. The molecule has 0 radical (unpaired) electrons. The number of carboxylic acid groups (broad SMARTS) is 1. The lowest BCUT2D eigenvalue weighted by atomic mass is 10.1. The molecule has 1 aromatic carbocycles. The van der Waals surface area contributed by atoms with Crippen molar-refractivity contribution in [2.75, 3.05) is 0 Å². The normalized spacial score (nSPS) is 13.8. The predicted molar refractivity (Wildman–Crippen MR) is 58.0 cm³/mol. The van der Waals surface area contributed by atoms with Gasteiger partial charge in [0.2, 0.25) is 5.76 Å². The summed E-state index contributed by atoms with van der Waals surface area (Å²) in [4.78, 5) is 44.2. The quantitative estimate of drug-likeness (QED) is 0.624. The number of ether oxygens (including phenoxy) is 2. The summed E-state index contributed by atoms with van der Waals surface area (Å²) in [5.41, 5.74) is -0.165. The molecule has 0 spiro atoms. The molecule has 0 aliphatic carbocycles. The van der Waals surface area contributed by atoms with E-state index in [4.69, 9.17) is 5.11 Å². The van der Waals surface area contributed by atoms with E-state index in [0.29, 0.717) is 0 Å². The summed E-state index contributed by atoms with van der Waals surface area (Å²) in [6.07, 6.45) is 0.737. The van der Waals surface area contributed by atoms with Crippen LogP contribution in [0.5, 0.6) is 0 Å². The Morgan fingerprint density at radius 1 is 1.16 bits per heavy atom. The van der Waals surface area contributed by atoms with Gasteiger partial charge in [0, 0.05) is 0 Å². The van der Waals surface area contributed by atoms with Gasteiger partial charge in [-0.15, -0.1) is 0 Å². The molecule has 0 saturated heterocycles. The van der Waals surface area contributed by atoms with Crippen molar-refractivity contribution in [3.8, 4) is 0 Å². The van der Waals surface area contributed by atoms with Crippen molar-refractivity contribution in [1.29, 1.82) is 0 Å². The van der Waals surface area contributed by atoms with Crippen molar-refractivity contribution in [3.63, 3.8) is 0 Å². The predicted octanol–water partition coefficient (Wildman–Crippen LogP) is 0.509. The third-order valence-electron chi connectivity index (χ3n) is 2.19. The highest BCUT2D eigenvalue weighted by Gasteiger charge is 2.28. The van der Waals surface area contributed by atoms with E-state index >= 15 is 0 Å². The van der Waals surface area contributed by atoms with Crippen LogP contribution < -0.4 is 0 Å². The summed E-state index contributed by atoms with van der Waals surface area (Å²) < 4.78 is 8.78. The molecule has 7 heteroatoms. The van der Waals surface area contributed by atoms with Crippen LogP contribution in [0.2, 0.25) is 0 Å². The number of cyclic esters (lactones) is 2. The van der Waals surface area contributed by atoms with E-state index in [1.807, 2.05) is 0 Å². The zero-order chi connectivity index (χ0) is 14.0. The molecule has 96 valence electrons. The van der Waals surface area contributed by atoms with Crippen molar-refractivity contribution in [3.05, 3.63) is 47.2 Å². The Balaban J connectivity index is 2.19. The molecular weight excluding hydrogens is 256 g/mol. The van der Waals surface area contributed by atoms with Crippen molar-refractivity contribution in [2.24, 2.45) is 0 Å². The van der Waals surface area contributed by atoms with E-state index in [0.717, 1.165) is 12.1 Å². The summed E-state index contributed by atoms with van der Waals surface area (Å²) in [5.74, 6) is -4.68. The molecule has 1 heterocycles. The monoisotopic (exact) mass is 262 g/mol. The lowest BCUT2D eigenvalue weighted by Gasteiger charge is -2.03. The van der Waals surface area contributed by atoms with Crippen LogP contribution in [0.25, 0.3) is 0 Å². The first-order chi connectivity index (χ1) is 8.97. The molecule has 0 bridgehead atoms. The first-order valence-corrected chi connectivity index (χ1v) is 5.01. The first-order valence-electron chi connectivity index (χ1n) is 5.01. The van der Waals surface area contributed by atoms with Gasteiger partial charge < -0.3 is 14.6 Å². The second kappa shape index (κ2) is 4.73. The SMILES string of the molecule is O=C1C=C(OC(=O)c2cccc(C(=O)O)c2)C(=O)O1. The fourth-order valence-electron chi connectivity index (χ4n) is 1.35. The highest BCUT2D eigenvalue weighted by molar-refractivity contribution is 6.09. The van der Waals surface area contributed by atoms with Gasteiger partial charge in [-0.1, -0.05) is 6.07 Å². The van der Waals surface area contributed by atoms with Crippen molar-refractivity contribution < 1.29 is 33.8 Å². The van der Waals surface area contributed by atoms with Crippen LogP contribution in [0, 0.1) is 0 Å². The van der Waals surface area contributed by atoms with Crippen LogP contribution in [0.15, 0.2) is 36.1 Å². The number of carbonyl (C=O) groups is 4. The zero-order valence-corrected chi connectivity index (χ0v) is 9.28. The first kappa shape index (κ1) is 12.5. The highest BCUT2D eigenvalue weighted by atomic mass is 16.6. The molecule has 1 aliphatic rings. The van der Waals surface area contributed by atoms with E-state index in [2.05, 4.69) is 9.47 Å². The van der Waals surface area contributed by atoms with Crippen LogP contribution in [0.4, 0.5) is 0 Å². The Hall–Kier alpha value is -2.96. The minimum absolute atomic E-state index is 0.0621. The number of carboxylic acids is 1. The largest absolute Gasteiger partial charge is 0.478 e. The van der Waals surface area contributed by atoms with E-state index in [1.54, 1.807) is 0 Å². The van der Waals surface area contributed by atoms with Crippen molar-refractivity contribution in [1.82, 2.24) is 0 Å². The lowest BCUT2D eigenvalue weighted by Crippen LogP contribution is -2.11. The van der Waals surface area contributed by atoms with Gasteiger partial charge in [-0.3, -0.25) is 0 Å². The van der Waals surface area contributed by atoms with Gasteiger partial charge >= 0.3 is 23.9 Å². The molecule has 0 fully saturated rings. The molecular formula is C12H6O7. The maximum Gasteiger partial charge on any atom is 0.382 e. The van der Waals surface area contributed by atoms with Gasteiger partial charge in [-0.05, 0) is 18.2 Å². The number of carbonyl (C=O) groups excluding carboxylic acids is 3. The Labute approximate surface area is 106 Å². The van der Waals surface area contributed by atoms with Gasteiger partial charge in [0.15, 0.2) is 0 Å². The lowest BCUT2D eigenvalue weighted by molar-refractivity contribution is -0.152. The molecule has 19 heavy (non-hydrogen) atoms. The minimum atomic E-state index is -1.20. The summed E-state index contributed by atoms with van der Waals surface area (Å²) in [6, 6.07) is 5.06. The molecule has 0 saturated carbocycles. The maximum atomic E-state index is 11.7. The summed E-state index contributed by atoms with van der Waals surface area (Å²) in [6.45, 7) is 0. The Morgan fingerprint density at radius 2 is 1.84 bits per heavy atom. The molecule has 0 aromatic heterocycles. The van der Waals surface area contributed by atoms with Gasteiger partial charge in [0.25, 0.3) is 0 Å². The standard InChI is InChI=1S/C12H6O7/c13-9-5-8(12(17)19-9)18-11(16)7-3-1-2-6(4-7)10(14)15/h1-5H,(H,14,15). The second-order valence-electron chi connectivity index (χ2n) is 3.49. The number of hydrogen-bond acceptors (Lipinski definition) is 6. The fourth-order valence-corrected chi connectivity index (χ4v) is 1.35. The van der Waals surface area contributed by atoms with Crippen molar-refractivity contribution >= 4 is 23.9 Å². The smallest absolute Gasteiger partial charge is 0.382 e. The van der Waals surface area contributed by atoms with E-state index < -0.39 is 29.6 Å². The molecule has 7 nitrogen and oxygen atoms in total. The van der Waals surface area contributed by atoms with E-state index in [9.17, 15) is 19.2 Å². The van der Waals surface area contributed by atoms with Crippen LogP contribution >= 0.6 is 0 Å². The molecule has 2 rings (SSSR count). The summed E-state index contributed by atoms with van der Waals surface area (Å²) in [7, 11) is 0. The minimum Gasteiger partial charge on any atom is -0.478 e. The van der Waals surface area contributed by atoms with E-state index in [-0.39, 0.29) is 11.1 Å². The average molecular weight is 262 g/mol. The van der Waals surface area contributed by atoms with Gasteiger partial charge in [0.1, 0.15) is 0 Å². The average Bonchev–Trinajstić information content (AvgIpc) is 2.68. The number of aromatic carboxylic acids is 1. The molecule has 0 unspecified atom stereocenters.